The summed E-state index contributed by atoms with van der Waals surface area (Å²) < 4.78 is 0. The number of aryl methyl sites for hydroxylation is 1. The highest BCUT2D eigenvalue weighted by Gasteiger charge is 2.25. The predicted molar refractivity (Wildman–Crippen MR) is 88.0 cm³/mol. The molecule has 2 rings (SSSR count). The fraction of sp³-hybridized carbons (Fsp3) is 0.684. The summed E-state index contributed by atoms with van der Waals surface area (Å²) in [5.74, 6) is 0. The topological polar surface area (TPSA) is 12.0 Å². The molecule has 0 spiro atoms. The number of hydrogen-bond donors (Lipinski definition) is 1. The largest absolute Gasteiger partial charge is 0.307 e. The second kappa shape index (κ2) is 6.76. The van der Waals surface area contributed by atoms with E-state index in [2.05, 4.69) is 57.3 Å². The van der Waals surface area contributed by atoms with Crippen LogP contribution >= 0.6 is 0 Å². The Morgan fingerprint density at radius 1 is 1.15 bits per heavy atom. The Balaban J connectivity index is 1.97. The van der Waals surface area contributed by atoms with Crippen LogP contribution in [0.25, 0.3) is 0 Å². The third-order valence-electron chi connectivity index (χ3n) is 4.90. The predicted octanol–water partition coefficient (Wildman–Crippen LogP) is 5.39. The van der Waals surface area contributed by atoms with E-state index in [4.69, 9.17) is 0 Å². The zero-order valence-corrected chi connectivity index (χ0v) is 13.7. The molecule has 2 unspecified atom stereocenters. The van der Waals surface area contributed by atoms with Crippen molar-refractivity contribution in [2.75, 3.05) is 0 Å². The molecule has 0 aromatic heterocycles. The molecular weight excluding hydrogens is 242 g/mol. The minimum absolute atomic E-state index is 0.516. The molecule has 1 saturated carbocycles. The van der Waals surface area contributed by atoms with E-state index in [0.29, 0.717) is 17.5 Å². The average Bonchev–Trinajstić information content (AvgIpc) is 2.58. The number of nitrogens with one attached hydrogen (secondary N) is 1. The summed E-state index contributed by atoms with van der Waals surface area (Å²) in [5, 5.41) is 3.92. The molecule has 20 heavy (non-hydrogen) atoms. The van der Waals surface area contributed by atoms with Crippen molar-refractivity contribution >= 4 is 0 Å². The van der Waals surface area contributed by atoms with Gasteiger partial charge in [0, 0.05) is 12.1 Å². The third-order valence-corrected chi connectivity index (χ3v) is 4.90. The molecule has 0 saturated heterocycles. The molecule has 0 radical (unpaired) electrons. The van der Waals surface area contributed by atoms with Crippen LogP contribution in [0.1, 0.15) is 76.5 Å². The van der Waals surface area contributed by atoms with Gasteiger partial charge in [0.05, 0.1) is 0 Å². The molecule has 1 aromatic carbocycles. The van der Waals surface area contributed by atoms with Crippen LogP contribution in [0.5, 0.6) is 0 Å². The fourth-order valence-electron chi connectivity index (χ4n) is 3.36. The van der Waals surface area contributed by atoms with E-state index in [-0.39, 0.29) is 0 Å². The van der Waals surface area contributed by atoms with Crippen LogP contribution in [0, 0.1) is 12.3 Å². The number of hydrogen-bond acceptors (Lipinski definition) is 1. The van der Waals surface area contributed by atoms with Crippen molar-refractivity contribution in [2.45, 2.75) is 78.3 Å². The third kappa shape index (κ3) is 4.34. The van der Waals surface area contributed by atoms with Gasteiger partial charge in [0.15, 0.2) is 0 Å². The van der Waals surface area contributed by atoms with Gasteiger partial charge in [-0.15, -0.1) is 0 Å². The Morgan fingerprint density at radius 3 is 2.50 bits per heavy atom. The minimum Gasteiger partial charge on any atom is -0.307 e. The summed E-state index contributed by atoms with van der Waals surface area (Å²) >= 11 is 0. The van der Waals surface area contributed by atoms with Gasteiger partial charge in [-0.1, -0.05) is 57.0 Å². The smallest absolute Gasteiger partial charge is 0.0320 e. The maximum Gasteiger partial charge on any atom is 0.0320 e. The second-order valence-electron chi connectivity index (χ2n) is 7.33. The SMILES string of the molecule is CCC(NC1CCCC(C)(C)CC1)c1ccc(C)cc1. The van der Waals surface area contributed by atoms with E-state index in [1.807, 2.05) is 0 Å². The van der Waals surface area contributed by atoms with E-state index in [9.17, 15) is 0 Å². The molecule has 0 heterocycles. The van der Waals surface area contributed by atoms with Gasteiger partial charge in [0.2, 0.25) is 0 Å². The summed E-state index contributed by atoms with van der Waals surface area (Å²) in [7, 11) is 0. The fourth-order valence-corrected chi connectivity index (χ4v) is 3.36. The Hall–Kier alpha value is -0.820. The summed E-state index contributed by atoms with van der Waals surface area (Å²) in [5.41, 5.74) is 3.34. The van der Waals surface area contributed by atoms with Gasteiger partial charge in [0.25, 0.3) is 0 Å². The molecule has 0 aliphatic heterocycles. The Bertz CT molecular complexity index is 404. The van der Waals surface area contributed by atoms with E-state index in [0.717, 1.165) is 0 Å². The van der Waals surface area contributed by atoms with Crippen LogP contribution in [-0.4, -0.2) is 6.04 Å². The summed E-state index contributed by atoms with van der Waals surface area (Å²) in [6.45, 7) is 9.29. The molecule has 1 heteroatoms. The minimum atomic E-state index is 0.516. The first-order chi connectivity index (χ1) is 9.50. The Kier molecular flexibility index (Phi) is 5.26. The normalized spacial score (nSPS) is 24.1. The Morgan fingerprint density at radius 2 is 1.85 bits per heavy atom. The highest BCUT2D eigenvalue weighted by Crippen LogP contribution is 2.34. The van der Waals surface area contributed by atoms with Crippen molar-refractivity contribution in [1.29, 1.82) is 0 Å². The number of rotatable bonds is 4. The number of benzene rings is 1. The summed E-state index contributed by atoms with van der Waals surface area (Å²) in [6, 6.07) is 10.3. The van der Waals surface area contributed by atoms with Gasteiger partial charge in [-0.2, -0.15) is 0 Å². The van der Waals surface area contributed by atoms with Crippen LogP contribution in [-0.2, 0) is 0 Å². The van der Waals surface area contributed by atoms with Crippen molar-refractivity contribution in [1.82, 2.24) is 5.32 Å². The lowest BCUT2D eigenvalue weighted by Crippen LogP contribution is -2.32. The molecule has 0 amide bonds. The van der Waals surface area contributed by atoms with Gasteiger partial charge in [-0.25, -0.2) is 0 Å². The molecule has 1 N–H and O–H groups in total. The molecule has 1 nitrogen and oxygen atoms in total. The first kappa shape index (κ1) is 15.6. The maximum atomic E-state index is 3.92. The first-order valence-corrected chi connectivity index (χ1v) is 8.33. The molecule has 1 aliphatic carbocycles. The lowest BCUT2D eigenvalue weighted by molar-refractivity contribution is 0.306. The van der Waals surface area contributed by atoms with Gasteiger partial charge in [-0.05, 0) is 50.0 Å². The van der Waals surface area contributed by atoms with Crippen molar-refractivity contribution in [2.24, 2.45) is 5.41 Å². The van der Waals surface area contributed by atoms with Crippen molar-refractivity contribution in [3.8, 4) is 0 Å². The highest BCUT2D eigenvalue weighted by molar-refractivity contribution is 5.24. The van der Waals surface area contributed by atoms with Crippen LogP contribution in [0.2, 0.25) is 0 Å². The monoisotopic (exact) mass is 273 g/mol. The molecule has 0 bridgehead atoms. The first-order valence-electron chi connectivity index (χ1n) is 8.33. The van der Waals surface area contributed by atoms with E-state index in [1.165, 1.54) is 49.7 Å². The van der Waals surface area contributed by atoms with Crippen molar-refractivity contribution in [3.63, 3.8) is 0 Å². The molecule has 1 aromatic rings. The van der Waals surface area contributed by atoms with Gasteiger partial charge < -0.3 is 5.32 Å². The van der Waals surface area contributed by atoms with Crippen LogP contribution in [0.3, 0.4) is 0 Å². The average molecular weight is 273 g/mol. The zero-order valence-electron chi connectivity index (χ0n) is 13.7. The Labute approximate surface area is 125 Å². The summed E-state index contributed by atoms with van der Waals surface area (Å²) in [4.78, 5) is 0. The standard InChI is InChI=1S/C19H31N/c1-5-18(16-10-8-15(2)9-11-16)20-17-7-6-13-19(3,4)14-12-17/h8-11,17-18,20H,5-7,12-14H2,1-4H3. The lowest BCUT2D eigenvalue weighted by atomic mass is 9.85. The zero-order chi connectivity index (χ0) is 14.6. The molecular formula is C19H31N. The lowest BCUT2D eigenvalue weighted by Gasteiger charge is -2.26. The highest BCUT2D eigenvalue weighted by atomic mass is 14.9. The quantitative estimate of drug-likeness (QED) is 0.725. The van der Waals surface area contributed by atoms with Gasteiger partial charge in [0.1, 0.15) is 0 Å². The van der Waals surface area contributed by atoms with Crippen molar-refractivity contribution < 1.29 is 0 Å². The maximum absolute atomic E-state index is 3.92. The van der Waals surface area contributed by atoms with E-state index >= 15 is 0 Å². The second-order valence-corrected chi connectivity index (χ2v) is 7.33. The summed E-state index contributed by atoms with van der Waals surface area (Å²) in [6.07, 6.45) is 7.95. The van der Waals surface area contributed by atoms with E-state index < -0.39 is 0 Å². The van der Waals surface area contributed by atoms with Crippen molar-refractivity contribution in [3.05, 3.63) is 35.4 Å². The van der Waals surface area contributed by atoms with Crippen LogP contribution < -0.4 is 5.32 Å². The van der Waals surface area contributed by atoms with E-state index in [1.54, 1.807) is 0 Å². The van der Waals surface area contributed by atoms with Gasteiger partial charge in [-0.3, -0.25) is 0 Å². The molecule has 1 fully saturated rings. The van der Waals surface area contributed by atoms with Crippen LogP contribution in [0.15, 0.2) is 24.3 Å². The van der Waals surface area contributed by atoms with Gasteiger partial charge >= 0.3 is 0 Å². The van der Waals surface area contributed by atoms with Crippen LogP contribution in [0.4, 0.5) is 0 Å². The molecule has 2 atom stereocenters. The molecule has 1 aliphatic rings. The molecule has 112 valence electrons.